The molecule has 18 heavy (non-hydrogen) atoms. The van der Waals surface area contributed by atoms with Crippen LogP contribution in [0, 0.1) is 5.41 Å². The van der Waals surface area contributed by atoms with E-state index in [0.29, 0.717) is 6.10 Å². The molecule has 0 aromatic heterocycles. The Balaban J connectivity index is 2.05. The summed E-state index contributed by atoms with van der Waals surface area (Å²) in [4.78, 5) is 2.39. The van der Waals surface area contributed by atoms with E-state index in [1.54, 1.807) is 7.11 Å². The first-order valence-electron chi connectivity index (χ1n) is 6.69. The maximum Gasteiger partial charge on any atom is 0.0599 e. The van der Waals surface area contributed by atoms with Gasteiger partial charge in [-0.3, -0.25) is 0 Å². The molecule has 2 rings (SSSR count). The standard InChI is InChI=1S/C15H24N2O/c1-12(18-3)15(2)8-10-17(11-9-15)14-7-5-4-6-13(14)16/h4-7,12H,8-11,16H2,1-3H3. The molecule has 1 fully saturated rings. The number of ether oxygens (including phenoxy) is 1. The van der Waals surface area contributed by atoms with Gasteiger partial charge in [0.25, 0.3) is 0 Å². The van der Waals surface area contributed by atoms with Crippen LogP contribution in [0.5, 0.6) is 0 Å². The van der Waals surface area contributed by atoms with Crippen LogP contribution in [-0.2, 0) is 4.74 Å². The summed E-state index contributed by atoms with van der Waals surface area (Å²) in [7, 11) is 1.80. The molecule has 1 aromatic rings. The lowest BCUT2D eigenvalue weighted by Crippen LogP contribution is -2.44. The second-order valence-electron chi connectivity index (χ2n) is 5.58. The number of anilines is 2. The predicted molar refractivity (Wildman–Crippen MR) is 76.9 cm³/mol. The number of benzene rings is 1. The quantitative estimate of drug-likeness (QED) is 0.836. The zero-order chi connectivity index (χ0) is 13.2. The first kappa shape index (κ1) is 13.2. The van der Waals surface area contributed by atoms with Crippen LogP contribution in [-0.4, -0.2) is 26.3 Å². The Labute approximate surface area is 110 Å². The molecular formula is C15H24N2O. The number of hydrogen-bond acceptors (Lipinski definition) is 3. The smallest absolute Gasteiger partial charge is 0.0599 e. The minimum Gasteiger partial charge on any atom is -0.397 e. The maximum absolute atomic E-state index is 6.04. The molecule has 1 atom stereocenters. The molecule has 1 heterocycles. The van der Waals surface area contributed by atoms with E-state index in [1.165, 1.54) is 5.69 Å². The first-order valence-corrected chi connectivity index (χ1v) is 6.69. The number of nitrogens with two attached hydrogens (primary N) is 1. The van der Waals surface area contributed by atoms with Crippen molar-refractivity contribution in [2.45, 2.75) is 32.8 Å². The number of nitrogens with zero attached hydrogens (tertiary/aromatic N) is 1. The number of piperidine rings is 1. The number of nitrogen functional groups attached to an aromatic ring is 1. The summed E-state index contributed by atoms with van der Waals surface area (Å²) in [5.74, 6) is 0. The van der Waals surface area contributed by atoms with Gasteiger partial charge in [0, 0.05) is 20.2 Å². The fourth-order valence-electron chi connectivity index (χ4n) is 2.73. The Kier molecular flexibility index (Phi) is 3.81. The van der Waals surface area contributed by atoms with Gasteiger partial charge < -0.3 is 15.4 Å². The van der Waals surface area contributed by atoms with Crippen LogP contribution >= 0.6 is 0 Å². The van der Waals surface area contributed by atoms with Gasteiger partial charge in [-0.1, -0.05) is 19.1 Å². The number of methoxy groups -OCH3 is 1. The van der Waals surface area contributed by atoms with Crippen LogP contribution in [0.1, 0.15) is 26.7 Å². The molecule has 0 saturated carbocycles. The molecule has 0 bridgehead atoms. The summed E-state index contributed by atoms with van der Waals surface area (Å²) in [5, 5.41) is 0. The summed E-state index contributed by atoms with van der Waals surface area (Å²) in [5.41, 5.74) is 8.37. The minimum atomic E-state index is 0.287. The van der Waals surface area contributed by atoms with Crippen LogP contribution in [0.4, 0.5) is 11.4 Å². The van der Waals surface area contributed by atoms with Crippen molar-refractivity contribution < 1.29 is 4.74 Å². The number of rotatable bonds is 3. The molecule has 1 unspecified atom stereocenters. The van der Waals surface area contributed by atoms with Crippen molar-refractivity contribution >= 4 is 11.4 Å². The molecular weight excluding hydrogens is 224 g/mol. The van der Waals surface area contributed by atoms with E-state index in [-0.39, 0.29) is 5.41 Å². The van der Waals surface area contributed by atoms with Crippen molar-refractivity contribution in [3.63, 3.8) is 0 Å². The van der Waals surface area contributed by atoms with Gasteiger partial charge in [-0.15, -0.1) is 0 Å². The highest BCUT2D eigenvalue weighted by molar-refractivity contribution is 5.67. The SMILES string of the molecule is COC(C)C1(C)CCN(c2ccccc2N)CC1. The van der Waals surface area contributed by atoms with E-state index in [2.05, 4.69) is 30.9 Å². The average molecular weight is 248 g/mol. The zero-order valence-corrected chi connectivity index (χ0v) is 11.6. The van der Waals surface area contributed by atoms with Crippen molar-refractivity contribution in [1.29, 1.82) is 0 Å². The third kappa shape index (κ3) is 2.46. The molecule has 0 spiro atoms. The predicted octanol–water partition coefficient (Wildman–Crippen LogP) is 2.91. The van der Waals surface area contributed by atoms with E-state index in [1.807, 2.05) is 12.1 Å². The molecule has 0 amide bonds. The fraction of sp³-hybridized carbons (Fsp3) is 0.600. The van der Waals surface area contributed by atoms with Crippen LogP contribution < -0.4 is 10.6 Å². The Bertz CT molecular complexity index is 397. The third-order valence-electron chi connectivity index (χ3n) is 4.52. The second kappa shape index (κ2) is 5.19. The minimum absolute atomic E-state index is 0.287. The summed E-state index contributed by atoms with van der Waals surface area (Å²) < 4.78 is 5.51. The molecule has 1 aromatic carbocycles. The summed E-state index contributed by atoms with van der Waals surface area (Å²) in [6, 6.07) is 8.12. The van der Waals surface area contributed by atoms with Gasteiger partial charge in [0.2, 0.25) is 0 Å². The van der Waals surface area contributed by atoms with E-state index < -0.39 is 0 Å². The average Bonchev–Trinajstić information content (AvgIpc) is 2.39. The van der Waals surface area contributed by atoms with Gasteiger partial charge in [0.15, 0.2) is 0 Å². The van der Waals surface area contributed by atoms with Crippen LogP contribution in [0.2, 0.25) is 0 Å². The Morgan fingerprint density at radius 2 is 1.89 bits per heavy atom. The molecule has 0 aliphatic carbocycles. The van der Waals surface area contributed by atoms with E-state index in [9.17, 15) is 0 Å². The van der Waals surface area contributed by atoms with Crippen LogP contribution in [0.15, 0.2) is 24.3 Å². The molecule has 1 saturated heterocycles. The third-order valence-corrected chi connectivity index (χ3v) is 4.52. The molecule has 1 aliphatic rings. The van der Waals surface area contributed by atoms with Crippen molar-refractivity contribution in [3.05, 3.63) is 24.3 Å². The lowest BCUT2D eigenvalue weighted by atomic mass is 9.76. The molecule has 1 aliphatic heterocycles. The molecule has 2 N–H and O–H groups in total. The van der Waals surface area contributed by atoms with Crippen molar-refractivity contribution in [3.8, 4) is 0 Å². The summed E-state index contributed by atoms with van der Waals surface area (Å²) >= 11 is 0. The molecule has 3 heteroatoms. The Morgan fingerprint density at radius 3 is 2.44 bits per heavy atom. The topological polar surface area (TPSA) is 38.5 Å². The van der Waals surface area contributed by atoms with Gasteiger partial charge in [-0.05, 0) is 37.3 Å². The van der Waals surface area contributed by atoms with Gasteiger partial charge in [-0.2, -0.15) is 0 Å². The van der Waals surface area contributed by atoms with Crippen molar-refractivity contribution in [2.75, 3.05) is 30.8 Å². The van der Waals surface area contributed by atoms with E-state index >= 15 is 0 Å². The largest absolute Gasteiger partial charge is 0.397 e. The normalized spacial score (nSPS) is 20.7. The Morgan fingerprint density at radius 1 is 1.28 bits per heavy atom. The lowest BCUT2D eigenvalue weighted by Gasteiger charge is -2.43. The lowest BCUT2D eigenvalue weighted by molar-refractivity contribution is -0.00376. The highest BCUT2D eigenvalue weighted by Gasteiger charge is 2.35. The van der Waals surface area contributed by atoms with Gasteiger partial charge in [-0.25, -0.2) is 0 Å². The summed E-state index contributed by atoms with van der Waals surface area (Å²) in [6.45, 7) is 6.61. The second-order valence-corrected chi connectivity index (χ2v) is 5.58. The van der Waals surface area contributed by atoms with Crippen LogP contribution in [0.25, 0.3) is 0 Å². The number of hydrogen-bond donors (Lipinski definition) is 1. The highest BCUT2D eigenvalue weighted by Crippen LogP contribution is 2.38. The first-order chi connectivity index (χ1) is 8.57. The van der Waals surface area contributed by atoms with Gasteiger partial charge >= 0.3 is 0 Å². The monoisotopic (exact) mass is 248 g/mol. The van der Waals surface area contributed by atoms with Crippen molar-refractivity contribution in [1.82, 2.24) is 0 Å². The molecule has 3 nitrogen and oxygen atoms in total. The Hall–Kier alpha value is -1.22. The van der Waals surface area contributed by atoms with Gasteiger partial charge in [0.05, 0.1) is 17.5 Å². The zero-order valence-electron chi connectivity index (χ0n) is 11.6. The van der Waals surface area contributed by atoms with E-state index in [0.717, 1.165) is 31.6 Å². The maximum atomic E-state index is 6.04. The highest BCUT2D eigenvalue weighted by atomic mass is 16.5. The van der Waals surface area contributed by atoms with Crippen LogP contribution in [0.3, 0.4) is 0 Å². The van der Waals surface area contributed by atoms with Gasteiger partial charge in [0.1, 0.15) is 0 Å². The molecule has 100 valence electrons. The fourth-order valence-corrected chi connectivity index (χ4v) is 2.73. The number of para-hydroxylation sites is 2. The summed E-state index contributed by atoms with van der Waals surface area (Å²) in [6.07, 6.45) is 2.61. The van der Waals surface area contributed by atoms with E-state index in [4.69, 9.17) is 10.5 Å². The molecule has 0 radical (unpaired) electrons. The van der Waals surface area contributed by atoms with Crippen molar-refractivity contribution in [2.24, 2.45) is 5.41 Å².